The SMILES string of the molecule is CC(=O)N[C@H]1[C@@H](O)O[C@](Br)(CO)[C@@](O)(Cl)[C@@]1(O)c1c[nH]c2ccccc12. The highest BCUT2D eigenvalue weighted by Gasteiger charge is 2.72. The normalized spacial score (nSPS) is 37.7. The number of benzene rings is 1. The monoisotopic (exact) mass is 448 g/mol. The molecular weight excluding hydrogens is 432 g/mol. The van der Waals surface area contributed by atoms with Crippen LogP contribution in [-0.4, -0.2) is 59.8 Å². The lowest BCUT2D eigenvalue weighted by Crippen LogP contribution is -2.77. The molecule has 8 nitrogen and oxygen atoms in total. The van der Waals surface area contributed by atoms with Crippen LogP contribution >= 0.6 is 27.5 Å². The molecule has 1 aliphatic heterocycles. The van der Waals surface area contributed by atoms with Gasteiger partial charge in [0, 0.05) is 29.6 Å². The summed E-state index contributed by atoms with van der Waals surface area (Å²) in [5, 5.41) is 42.9. The number of para-hydroxylation sites is 1. The average molecular weight is 450 g/mol. The summed E-state index contributed by atoms with van der Waals surface area (Å²) in [6, 6.07) is 5.37. The first-order valence-corrected chi connectivity index (χ1v) is 8.88. The number of alkyl halides is 2. The highest BCUT2D eigenvalue weighted by molar-refractivity contribution is 9.10. The second kappa shape index (κ2) is 6.45. The van der Waals surface area contributed by atoms with Crippen molar-refractivity contribution < 1.29 is 30.0 Å². The summed E-state index contributed by atoms with van der Waals surface area (Å²) in [7, 11) is 0. The van der Waals surface area contributed by atoms with Crippen molar-refractivity contribution in [1.29, 1.82) is 0 Å². The number of carbonyl (C=O) groups is 1. The Morgan fingerprint density at radius 2 is 2.08 bits per heavy atom. The molecule has 0 spiro atoms. The van der Waals surface area contributed by atoms with Gasteiger partial charge in [0.2, 0.25) is 11.0 Å². The number of aromatic nitrogens is 1. The van der Waals surface area contributed by atoms with E-state index in [1.54, 1.807) is 24.3 Å². The van der Waals surface area contributed by atoms with Gasteiger partial charge in [0.05, 0.1) is 6.61 Å². The molecule has 2 heterocycles. The fraction of sp³-hybridized carbons (Fsp3) is 0.438. The Morgan fingerprint density at radius 3 is 2.69 bits per heavy atom. The van der Waals surface area contributed by atoms with Gasteiger partial charge in [-0.3, -0.25) is 4.79 Å². The van der Waals surface area contributed by atoms with Crippen LogP contribution in [0.3, 0.4) is 0 Å². The van der Waals surface area contributed by atoms with E-state index in [1.165, 1.54) is 13.1 Å². The largest absolute Gasteiger partial charge is 0.392 e. The Hall–Kier alpha value is -1.20. The summed E-state index contributed by atoms with van der Waals surface area (Å²) < 4.78 is 3.10. The highest BCUT2D eigenvalue weighted by Crippen LogP contribution is 2.55. The van der Waals surface area contributed by atoms with Crippen molar-refractivity contribution in [1.82, 2.24) is 10.3 Å². The Balaban J connectivity index is 2.29. The molecule has 0 radical (unpaired) electrons. The van der Waals surface area contributed by atoms with E-state index in [-0.39, 0.29) is 5.56 Å². The van der Waals surface area contributed by atoms with Gasteiger partial charge in [-0.25, -0.2) is 0 Å². The van der Waals surface area contributed by atoms with Gasteiger partial charge in [0.1, 0.15) is 6.04 Å². The maximum absolute atomic E-state index is 11.6. The van der Waals surface area contributed by atoms with Gasteiger partial charge in [-0.15, -0.1) is 0 Å². The summed E-state index contributed by atoms with van der Waals surface area (Å²) in [6.45, 7) is 0.305. The summed E-state index contributed by atoms with van der Waals surface area (Å²) in [4.78, 5) is 14.6. The number of nitrogens with one attached hydrogen (secondary N) is 2. The van der Waals surface area contributed by atoms with Gasteiger partial charge < -0.3 is 35.5 Å². The molecule has 1 aromatic carbocycles. The van der Waals surface area contributed by atoms with Gasteiger partial charge in [0.25, 0.3) is 0 Å². The van der Waals surface area contributed by atoms with Crippen molar-refractivity contribution in [2.75, 3.05) is 6.61 Å². The number of fused-ring (bicyclic) bond motifs is 1. The molecule has 1 aliphatic rings. The minimum Gasteiger partial charge on any atom is -0.392 e. The van der Waals surface area contributed by atoms with Crippen LogP contribution in [0, 0.1) is 0 Å². The summed E-state index contributed by atoms with van der Waals surface area (Å²) in [5.41, 5.74) is -1.69. The number of carbonyl (C=O) groups excluding carboxylic acids is 1. The molecule has 142 valence electrons. The fourth-order valence-corrected chi connectivity index (χ4v) is 4.12. The predicted molar refractivity (Wildman–Crippen MR) is 96.4 cm³/mol. The first-order valence-electron chi connectivity index (χ1n) is 7.71. The molecule has 3 rings (SSSR count). The molecule has 1 fully saturated rings. The molecule has 0 saturated carbocycles. The zero-order chi connectivity index (χ0) is 19.3. The number of hydrogen-bond acceptors (Lipinski definition) is 6. The van der Waals surface area contributed by atoms with Gasteiger partial charge in [0.15, 0.2) is 16.4 Å². The maximum atomic E-state index is 11.6. The summed E-state index contributed by atoms with van der Waals surface area (Å²) in [5.74, 6) is -0.588. The van der Waals surface area contributed by atoms with Crippen LogP contribution < -0.4 is 5.32 Å². The number of H-pyrrole nitrogens is 1. The minimum atomic E-state index is -2.67. The number of aliphatic hydroxyl groups is 4. The zero-order valence-corrected chi connectivity index (χ0v) is 16.0. The lowest BCUT2D eigenvalue weighted by molar-refractivity contribution is -0.316. The van der Waals surface area contributed by atoms with Gasteiger partial charge in [-0.05, 0) is 22.0 Å². The van der Waals surface area contributed by atoms with E-state index in [1.807, 2.05) is 0 Å². The Labute approximate surface area is 161 Å². The lowest BCUT2D eigenvalue weighted by Gasteiger charge is -2.56. The number of aromatic amines is 1. The molecule has 5 atom stereocenters. The molecule has 0 unspecified atom stereocenters. The van der Waals surface area contributed by atoms with E-state index in [2.05, 4.69) is 26.2 Å². The van der Waals surface area contributed by atoms with Crippen LogP contribution in [0.4, 0.5) is 0 Å². The van der Waals surface area contributed by atoms with Gasteiger partial charge in [-0.1, -0.05) is 29.8 Å². The van der Waals surface area contributed by atoms with Crippen LogP contribution in [0.1, 0.15) is 12.5 Å². The summed E-state index contributed by atoms with van der Waals surface area (Å²) in [6.07, 6.45) is -0.376. The fourth-order valence-electron chi connectivity index (χ4n) is 3.30. The zero-order valence-electron chi connectivity index (χ0n) is 13.6. The van der Waals surface area contributed by atoms with E-state index in [0.29, 0.717) is 10.9 Å². The molecule has 0 bridgehead atoms. The molecule has 1 saturated heterocycles. The highest BCUT2D eigenvalue weighted by atomic mass is 79.9. The van der Waals surface area contributed by atoms with Crippen molar-refractivity contribution in [3.8, 4) is 0 Å². The topological polar surface area (TPSA) is 135 Å². The maximum Gasteiger partial charge on any atom is 0.217 e. The van der Waals surface area contributed by atoms with Crippen molar-refractivity contribution in [2.24, 2.45) is 0 Å². The molecule has 6 N–H and O–H groups in total. The van der Waals surface area contributed by atoms with Crippen molar-refractivity contribution in [3.05, 3.63) is 36.0 Å². The van der Waals surface area contributed by atoms with E-state index in [4.69, 9.17) is 16.3 Å². The van der Waals surface area contributed by atoms with Crippen molar-refractivity contribution in [3.63, 3.8) is 0 Å². The van der Waals surface area contributed by atoms with E-state index in [0.717, 1.165) is 0 Å². The first-order chi connectivity index (χ1) is 12.1. The molecular formula is C16H18BrClN2O6. The van der Waals surface area contributed by atoms with Crippen molar-refractivity contribution in [2.45, 2.75) is 34.4 Å². The van der Waals surface area contributed by atoms with Crippen molar-refractivity contribution >= 4 is 44.3 Å². The Bertz CT molecular complexity index is 845. The number of amides is 1. The van der Waals surface area contributed by atoms with E-state index < -0.39 is 40.0 Å². The van der Waals surface area contributed by atoms with Crippen LogP contribution in [0.5, 0.6) is 0 Å². The molecule has 10 heteroatoms. The molecule has 26 heavy (non-hydrogen) atoms. The summed E-state index contributed by atoms with van der Waals surface area (Å²) >= 11 is 9.30. The standard InChI is InChI=1S/C16H18BrClN2O6/c1-8(22)20-12-13(23)26-14(17,7-21)16(18,25)15(12,24)10-6-19-11-5-3-2-4-9(10)11/h2-6,12-13,19,21,23-25H,7H2,1H3,(H,20,22)/t12-,13-,14+,15+,16-/m0/s1. The number of hydrogen-bond donors (Lipinski definition) is 6. The number of aliphatic hydroxyl groups excluding tert-OH is 2. The average Bonchev–Trinajstić information content (AvgIpc) is 3.01. The molecule has 2 aromatic rings. The second-order valence-corrected chi connectivity index (χ2v) is 8.04. The third kappa shape index (κ3) is 2.58. The van der Waals surface area contributed by atoms with E-state index >= 15 is 0 Å². The smallest absolute Gasteiger partial charge is 0.217 e. The molecule has 0 aliphatic carbocycles. The quantitative estimate of drug-likeness (QED) is 0.371. The predicted octanol–water partition coefficient (Wildman–Crippen LogP) is 0.220. The second-order valence-electron chi connectivity index (χ2n) is 6.21. The van der Waals surface area contributed by atoms with Crippen LogP contribution in [0.25, 0.3) is 10.9 Å². The van der Waals surface area contributed by atoms with Gasteiger partial charge >= 0.3 is 0 Å². The number of halogens is 2. The van der Waals surface area contributed by atoms with Crippen LogP contribution in [-0.2, 0) is 15.1 Å². The third-order valence-corrected chi connectivity index (χ3v) is 6.44. The third-order valence-electron chi connectivity index (χ3n) is 4.60. The molecule has 1 amide bonds. The lowest BCUT2D eigenvalue weighted by atomic mass is 9.76. The Morgan fingerprint density at radius 1 is 1.42 bits per heavy atom. The van der Waals surface area contributed by atoms with E-state index in [9.17, 15) is 25.2 Å². The Kier molecular flexibility index (Phi) is 4.85. The molecule has 1 aromatic heterocycles. The number of ether oxygens (including phenoxy) is 1. The van der Waals surface area contributed by atoms with Crippen LogP contribution in [0.15, 0.2) is 30.5 Å². The first kappa shape index (κ1) is 19.6. The van der Waals surface area contributed by atoms with Gasteiger partial charge in [-0.2, -0.15) is 0 Å². The minimum absolute atomic E-state index is 0.115. The van der Waals surface area contributed by atoms with Crippen LogP contribution in [0.2, 0.25) is 0 Å². The number of rotatable bonds is 3.